The van der Waals surface area contributed by atoms with Gasteiger partial charge in [-0.25, -0.2) is 17.1 Å². The standard InChI is InChI=1S/C14H21FN2O2S/c1-16-9-12-6-7-13(15)14(8-12)20(18,19)17(2)10-11-4-3-5-11/h6-8,11,16H,3-5,9-10H2,1-2H3. The molecule has 1 N–H and O–H groups in total. The van der Waals surface area contributed by atoms with Crippen LogP contribution < -0.4 is 5.32 Å². The topological polar surface area (TPSA) is 49.4 Å². The van der Waals surface area contributed by atoms with Gasteiger partial charge in [0, 0.05) is 20.1 Å². The van der Waals surface area contributed by atoms with Crippen LogP contribution in [-0.2, 0) is 16.6 Å². The van der Waals surface area contributed by atoms with Crippen LogP contribution in [0.15, 0.2) is 23.1 Å². The molecule has 6 heteroatoms. The summed E-state index contributed by atoms with van der Waals surface area (Å²) in [6.45, 7) is 0.979. The third-order valence-corrected chi connectivity index (χ3v) is 5.64. The van der Waals surface area contributed by atoms with Crippen LogP contribution in [0.2, 0.25) is 0 Å². The van der Waals surface area contributed by atoms with E-state index in [4.69, 9.17) is 0 Å². The monoisotopic (exact) mass is 300 g/mol. The maximum Gasteiger partial charge on any atom is 0.245 e. The molecule has 4 nitrogen and oxygen atoms in total. The number of benzene rings is 1. The van der Waals surface area contributed by atoms with Gasteiger partial charge in [0.15, 0.2) is 0 Å². The lowest BCUT2D eigenvalue weighted by Gasteiger charge is -2.29. The van der Waals surface area contributed by atoms with Crippen LogP contribution in [0.1, 0.15) is 24.8 Å². The van der Waals surface area contributed by atoms with Crippen molar-refractivity contribution in [2.24, 2.45) is 5.92 Å². The number of hydrogen-bond acceptors (Lipinski definition) is 3. The lowest BCUT2D eigenvalue weighted by molar-refractivity contribution is 0.262. The summed E-state index contributed by atoms with van der Waals surface area (Å²) in [6.07, 6.45) is 3.27. The van der Waals surface area contributed by atoms with Crippen molar-refractivity contribution >= 4 is 10.0 Å². The van der Waals surface area contributed by atoms with Gasteiger partial charge in [0.2, 0.25) is 10.0 Å². The van der Waals surface area contributed by atoms with E-state index < -0.39 is 15.8 Å². The highest BCUT2D eigenvalue weighted by atomic mass is 32.2. The summed E-state index contributed by atoms with van der Waals surface area (Å²) in [6, 6.07) is 4.23. The Morgan fingerprint density at radius 2 is 2.10 bits per heavy atom. The predicted octanol–water partition coefficient (Wildman–Crippen LogP) is 1.97. The molecule has 0 saturated heterocycles. The Morgan fingerprint density at radius 3 is 2.65 bits per heavy atom. The molecule has 0 spiro atoms. The lowest BCUT2D eigenvalue weighted by Crippen LogP contribution is -2.34. The summed E-state index contributed by atoms with van der Waals surface area (Å²) in [5, 5.41) is 2.93. The van der Waals surface area contributed by atoms with Gasteiger partial charge < -0.3 is 5.32 Å². The molecule has 1 aromatic rings. The second-order valence-corrected chi connectivity index (χ2v) is 7.39. The van der Waals surface area contributed by atoms with Gasteiger partial charge in [0.05, 0.1) is 0 Å². The van der Waals surface area contributed by atoms with E-state index in [-0.39, 0.29) is 4.90 Å². The Balaban J connectivity index is 2.24. The minimum Gasteiger partial charge on any atom is -0.316 e. The van der Waals surface area contributed by atoms with E-state index >= 15 is 0 Å². The highest BCUT2D eigenvalue weighted by molar-refractivity contribution is 7.89. The SMILES string of the molecule is CNCc1ccc(F)c(S(=O)(=O)N(C)CC2CCC2)c1. The van der Waals surface area contributed by atoms with Crippen molar-refractivity contribution in [2.45, 2.75) is 30.7 Å². The first-order valence-corrected chi connectivity index (χ1v) is 8.28. The van der Waals surface area contributed by atoms with E-state index in [1.54, 1.807) is 13.1 Å². The zero-order valence-corrected chi connectivity index (χ0v) is 12.7. The quantitative estimate of drug-likeness (QED) is 0.874. The number of hydrogen-bond donors (Lipinski definition) is 1. The molecule has 0 aliphatic heterocycles. The van der Waals surface area contributed by atoms with Crippen molar-refractivity contribution in [3.05, 3.63) is 29.6 Å². The van der Waals surface area contributed by atoms with E-state index in [0.29, 0.717) is 19.0 Å². The van der Waals surface area contributed by atoms with Crippen molar-refractivity contribution in [3.63, 3.8) is 0 Å². The Bertz CT molecular complexity index is 571. The summed E-state index contributed by atoms with van der Waals surface area (Å²) >= 11 is 0. The minimum atomic E-state index is -3.75. The predicted molar refractivity (Wildman–Crippen MR) is 76.3 cm³/mol. The third-order valence-electron chi connectivity index (χ3n) is 3.80. The van der Waals surface area contributed by atoms with Crippen LogP contribution >= 0.6 is 0 Å². The third kappa shape index (κ3) is 3.19. The largest absolute Gasteiger partial charge is 0.316 e. The van der Waals surface area contributed by atoms with Gasteiger partial charge >= 0.3 is 0 Å². The van der Waals surface area contributed by atoms with E-state index in [9.17, 15) is 12.8 Å². The summed E-state index contributed by atoms with van der Waals surface area (Å²) in [7, 11) is -0.461. The van der Waals surface area contributed by atoms with E-state index in [2.05, 4.69) is 5.32 Å². The molecular weight excluding hydrogens is 279 g/mol. The first-order valence-electron chi connectivity index (χ1n) is 6.84. The number of sulfonamides is 1. The highest BCUT2D eigenvalue weighted by Crippen LogP contribution is 2.29. The van der Waals surface area contributed by atoms with Crippen molar-refractivity contribution in [1.82, 2.24) is 9.62 Å². The average molecular weight is 300 g/mol. The molecule has 0 bridgehead atoms. The first kappa shape index (κ1) is 15.4. The zero-order valence-electron chi connectivity index (χ0n) is 11.9. The van der Waals surface area contributed by atoms with Crippen molar-refractivity contribution in [1.29, 1.82) is 0 Å². The molecule has 0 atom stereocenters. The van der Waals surface area contributed by atoms with Crippen LogP contribution in [0.4, 0.5) is 4.39 Å². The van der Waals surface area contributed by atoms with Gasteiger partial charge in [-0.05, 0) is 43.5 Å². The van der Waals surface area contributed by atoms with Gasteiger partial charge in [-0.3, -0.25) is 0 Å². The van der Waals surface area contributed by atoms with E-state index in [1.165, 1.54) is 23.5 Å². The van der Waals surface area contributed by atoms with Crippen LogP contribution in [0.5, 0.6) is 0 Å². The second-order valence-electron chi connectivity index (χ2n) is 5.38. The smallest absolute Gasteiger partial charge is 0.245 e. The zero-order chi connectivity index (χ0) is 14.8. The molecule has 2 rings (SSSR count). The molecule has 0 radical (unpaired) electrons. The van der Waals surface area contributed by atoms with Crippen LogP contribution in [0, 0.1) is 11.7 Å². The number of rotatable bonds is 6. The van der Waals surface area contributed by atoms with Gasteiger partial charge in [-0.1, -0.05) is 12.5 Å². The molecular formula is C14H21FN2O2S. The minimum absolute atomic E-state index is 0.230. The van der Waals surface area contributed by atoms with Gasteiger partial charge in [0.25, 0.3) is 0 Å². The molecule has 1 saturated carbocycles. The first-order chi connectivity index (χ1) is 9.45. The maximum atomic E-state index is 13.9. The number of nitrogens with zero attached hydrogens (tertiary/aromatic N) is 1. The fourth-order valence-corrected chi connectivity index (χ4v) is 3.72. The van der Waals surface area contributed by atoms with Crippen molar-refractivity contribution < 1.29 is 12.8 Å². The molecule has 112 valence electrons. The fourth-order valence-electron chi connectivity index (χ4n) is 2.36. The fraction of sp³-hybridized carbons (Fsp3) is 0.571. The van der Waals surface area contributed by atoms with E-state index in [0.717, 1.165) is 24.8 Å². The molecule has 20 heavy (non-hydrogen) atoms. The number of halogens is 1. The van der Waals surface area contributed by atoms with Gasteiger partial charge in [0.1, 0.15) is 10.7 Å². The van der Waals surface area contributed by atoms with Crippen molar-refractivity contribution in [3.8, 4) is 0 Å². The van der Waals surface area contributed by atoms with Crippen LogP contribution in [-0.4, -0.2) is 33.4 Å². The summed E-state index contributed by atoms with van der Waals surface area (Å²) < 4.78 is 40.1. The van der Waals surface area contributed by atoms with Crippen LogP contribution in [0.3, 0.4) is 0 Å². The van der Waals surface area contributed by atoms with E-state index in [1.807, 2.05) is 0 Å². The Labute approximate surface area is 120 Å². The molecule has 1 aromatic carbocycles. The summed E-state index contributed by atoms with van der Waals surface area (Å²) in [5.41, 5.74) is 0.754. The molecule has 0 amide bonds. The molecule has 0 aromatic heterocycles. The van der Waals surface area contributed by atoms with Crippen molar-refractivity contribution in [2.75, 3.05) is 20.6 Å². The summed E-state index contributed by atoms with van der Waals surface area (Å²) in [4.78, 5) is -0.230. The van der Waals surface area contributed by atoms with Crippen LogP contribution in [0.25, 0.3) is 0 Å². The Morgan fingerprint density at radius 1 is 1.40 bits per heavy atom. The second kappa shape index (κ2) is 6.20. The maximum absolute atomic E-state index is 13.9. The normalized spacial score (nSPS) is 16.4. The summed E-state index contributed by atoms with van der Waals surface area (Å²) in [5.74, 6) is -0.274. The molecule has 1 fully saturated rings. The molecule has 1 aliphatic carbocycles. The molecule has 0 unspecified atom stereocenters. The molecule has 1 aliphatic rings. The Hall–Kier alpha value is -0.980. The highest BCUT2D eigenvalue weighted by Gasteiger charge is 2.28. The molecule has 0 heterocycles. The van der Waals surface area contributed by atoms with Gasteiger partial charge in [-0.15, -0.1) is 0 Å². The average Bonchev–Trinajstić information content (AvgIpc) is 2.36. The Kier molecular flexibility index (Phi) is 4.78. The lowest BCUT2D eigenvalue weighted by atomic mass is 9.86. The number of nitrogens with one attached hydrogen (secondary N) is 1. The van der Waals surface area contributed by atoms with Gasteiger partial charge in [-0.2, -0.15) is 0 Å².